The molecule has 1 heterocycles. The predicted octanol–water partition coefficient (Wildman–Crippen LogP) is 1.87. The fraction of sp³-hybridized carbons (Fsp3) is 0.500. The maximum absolute atomic E-state index is 9.74. The number of hydrogen-bond acceptors (Lipinski definition) is 3. The summed E-state index contributed by atoms with van der Waals surface area (Å²) < 4.78 is 0. The molecule has 1 aliphatic heterocycles. The average molecular weight is 279 g/mol. The number of thioether (sulfide) groups is 1. The van der Waals surface area contributed by atoms with Crippen LogP contribution in [-0.4, -0.2) is 40.6 Å². The van der Waals surface area contributed by atoms with Gasteiger partial charge >= 0.3 is 0 Å². The third-order valence-electron chi connectivity index (χ3n) is 3.31. The fourth-order valence-corrected chi connectivity index (χ4v) is 3.10. The second-order valence-corrected chi connectivity index (χ2v) is 6.08. The van der Waals surface area contributed by atoms with Gasteiger partial charge in [0, 0.05) is 24.6 Å². The molecule has 0 saturated carbocycles. The summed E-state index contributed by atoms with van der Waals surface area (Å²) in [6.45, 7) is 6.33. The first-order valence-corrected chi connectivity index (χ1v) is 7.65. The van der Waals surface area contributed by atoms with Crippen molar-refractivity contribution in [3.8, 4) is 5.75 Å². The smallest absolute Gasteiger partial charge is 0.191 e. The van der Waals surface area contributed by atoms with Gasteiger partial charge in [-0.15, -0.1) is 0 Å². The lowest BCUT2D eigenvalue weighted by Gasteiger charge is -2.27. The first kappa shape index (κ1) is 14.1. The number of phenols is 1. The Balaban J connectivity index is 2.04. The molecule has 1 aromatic rings. The molecule has 4 nitrogen and oxygen atoms in total. The van der Waals surface area contributed by atoms with Gasteiger partial charge in [-0.1, -0.05) is 12.1 Å². The molecule has 0 atom stereocenters. The number of nitrogens with zero attached hydrogens (tertiary/aromatic N) is 2. The molecule has 0 unspecified atom stereocenters. The summed E-state index contributed by atoms with van der Waals surface area (Å²) in [6, 6.07) is 3.93. The Morgan fingerprint density at radius 3 is 2.47 bits per heavy atom. The van der Waals surface area contributed by atoms with E-state index in [4.69, 9.17) is 5.73 Å². The molecule has 0 amide bonds. The van der Waals surface area contributed by atoms with Gasteiger partial charge in [0.25, 0.3) is 0 Å². The van der Waals surface area contributed by atoms with Gasteiger partial charge in [-0.3, -0.25) is 0 Å². The third-order valence-corrected chi connectivity index (χ3v) is 4.25. The van der Waals surface area contributed by atoms with Crippen LogP contribution in [0.2, 0.25) is 0 Å². The highest BCUT2D eigenvalue weighted by atomic mass is 32.2. The molecular weight excluding hydrogens is 258 g/mol. The number of benzene rings is 1. The van der Waals surface area contributed by atoms with E-state index in [0.29, 0.717) is 18.3 Å². The number of aryl methyl sites for hydroxylation is 2. The van der Waals surface area contributed by atoms with Gasteiger partial charge in [0.2, 0.25) is 0 Å². The van der Waals surface area contributed by atoms with E-state index in [2.05, 4.69) is 9.89 Å². The van der Waals surface area contributed by atoms with Crippen LogP contribution < -0.4 is 5.73 Å². The van der Waals surface area contributed by atoms with Gasteiger partial charge in [0.15, 0.2) is 5.96 Å². The Hall–Kier alpha value is -1.36. The van der Waals surface area contributed by atoms with Crippen molar-refractivity contribution in [3.05, 3.63) is 28.8 Å². The Labute approximate surface area is 118 Å². The zero-order chi connectivity index (χ0) is 13.8. The summed E-state index contributed by atoms with van der Waals surface area (Å²) in [5.41, 5.74) is 8.88. The molecular formula is C14H21N3OS. The monoisotopic (exact) mass is 279 g/mol. The lowest BCUT2D eigenvalue weighted by atomic mass is 10.1. The highest BCUT2D eigenvalue weighted by Crippen LogP contribution is 2.23. The van der Waals surface area contributed by atoms with E-state index in [1.807, 2.05) is 37.7 Å². The molecule has 0 aliphatic carbocycles. The van der Waals surface area contributed by atoms with Crippen LogP contribution in [0.1, 0.15) is 16.7 Å². The van der Waals surface area contributed by atoms with E-state index in [-0.39, 0.29) is 0 Å². The van der Waals surface area contributed by atoms with Gasteiger partial charge in [-0.25, -0.2) is 4.99 Å². The molecule has 3 N–H and O–H groups in total. The molecule has 5 heteroatoms. The van der Waals surface area contributed by atoms with E-state index < -0.39 is 0 Å². The number of nitrogens with two attached hydrogens (primary N) is 1. The first-order valence-electron chi connectivity index (χ1n) is 6.49. The van der Waals surface area contributed by atoms with Gasteiger partial charge in [0.1, 0.15) is 5.75 Å². The molecule has 104 valence electrons. The standard InChI is InChI=1S/C14H21N3OS/c1-10-7-12(8-11(2)13(10)18)9-16-14(15)17-3-5-19-6-4-17/h7-8,18H,3-6,9H2,1-2H3,(H2,15,16). The van der Waals surface area contributed by atoms with E-state index >= 15 is 0 Å². The maximum Gasteiger partial charge on any atom is 0.191 e. The largest absolute Gasteiger partial charge is 0.507 e. The van der Waals surface area contributed by atoms with Crippen molar-refractivity contribution in [3.63, 3.8) is 0 Å². The minimum atomic E-state index is 0.369. The van der Waals surface area contributed by atoms with Crippen molar-refractivity contribution in [2.75, 3.05) is 24.6 Å². The lowest BCUT2D eigenvalue weighted by Crippen LogP contribution is -2.42. The molecule has 0 bridgehead atoms. The summed E-state index contributed by atoms with van der Waals surface area (Å²) in [5.74, 6) is 3.24. The van der Waals surface area contributed by atoms with Crippen molar-refractivity contribution >= 4 is 17.7 Å². The summed E-state index contributed by atoms with van der Waals surface area (Å²) in [6.07, 6.45) is 0. The SMILES string of the molecule is Cc1cc(CN=C(N)N2CCSCC2)cc(C)c1O. The summed E-state index contributed by atoms with van der Waals surface area (Å²) in [5, 5.41) is 9.74. The van der Waals surface area contributed by atoms with E-state index in [1.54, 1.807) is 0 Å². The van der Waals surface area contributed by atoms with Gasteiger partial charge in [-0.05, 0) is 30.5 Å². The van der Waals surface area contributed by atoms with Crippen LogP contribution in [0.5, 0.6) is 5.75 Å². The van der Waals surface area contributed by atoms with Crippen LogP contribution in [-0.2, 0) is 6.54 Å². The van der Waals surface area contributed by atoms with Crippen LogP contribution in [0.15, 0.2) is 17.1 Å². The second kappa shape index (κ2) is 6.19. The summed E-state index contributed by atoms with van der Waals surface area (Å²) in [7, 11) is 0. The molecule has 1 aromatic carbocycles. The third kappa shape index (κ3) is 3.56. The van der Waals surface area contributed by atoms with Crippen LogP contribution in [0.25, 0.3) is 0 Å². The highest BCUT2D eigenvalue weighted by Gasteiger charge is 2.12. The quantitative estimate of drug-likeness (QED) is 0.641. The lowest BCUT2D eigenvalue weighted by molar-refractivity contribution is 0.455. The summed E-state index contributed by atoms with van der Waals surface area (Å²) in [4.78, 5) is 6.59. The predicted molar refractivity (Wildman–Crippen MR) is 81.8 cm³/mol. The van der Waals surface area contributed by atoms with Gasteiger partial charge in [0.05, 0.1) is 6.54 Å². The zero-order valence-electron chi connectivity index (χ0n) is 11.5. The van der Waals surface area contributed by atoms with E-state index in [9.17, 15) is 5.11 Å². The molecule has 1 fully saturated rings. The number of phenolic OH excluding ortho intramolecular Hbond substituents is 1. The summed E-state index contributed by atoms with van der Waals surface area (Å²) >= 11 is 1.96. The number of hydrogen-bond donors (Lipinski definition) is 2. The van der Waals surface area contributed by atoms with Crippen molar-refractivity contribution < 1.29 is 5.11 Å². The fourth-order valence-electron chi connectivity index (χ4n) is 2.20. The van der Waals surface area contributed by atoms with Crippen molar-refractivity contribution in [1.29, 1.82) is 0 Å². The molecule has 2 rings (SSSR count). The molecule has 0 aromatic heterocycles. The minimum absolute atomic E-state index is 0.369. The van der Waals surface area contributed by atoms with E-state index in [0.717, 1.165) is 41.3 Å². The topological polar surface area (TPSA) is 61.8 Å². The van der Waals surface area contributed by atoms with Crippen molar-refractivity contribution in [1.82, 2.24) is 4.90 Å². The van der Waals surface area contributed by atoms with Crippen molar-refractivity contribution in [2.45, 2.75) is 20.4 Å². The maximum atomic E-state index is 9.74. The van der Waals surface area contributed by atoms with Crippen LogP contribution in [0.3, 0.4) is 0 Å². The Morgan fingerprint density at radius 2 is 1.89 bits per heavy atom. The minimum Gasteiger partial charge on any atom is -0.507 e. The molecule has 19 heavy (non-hydrogen) atoms. The second-order valence-electron chi connectivity index (χ2n) is 4.85. The van der Waals surface area contributed by atoms with Crippen LogP contribution >= 0.6 is 11.8 Å². The van der Waals surface area contributed by atoms with Gasteiger partial charge < -0.3 is 15.7 Å². The van der Waals surface area contributed by atoms with E-state index in [1.165, 1.54) is 0 Å². The number of rotatable bonds is 2. The number of guanidine groups is 1. The Kier molecular flexibility index (Phi) is 4.58. The van der Waals surface area contributed by atoms with Crippen LogP contribution in [0.4, 0.5) is 0 Å². The number of aromatic hydroxyl groups is 1. The molecule has 0 spiro atoms. The molecule has 1 aliphatic rings. The average Bonchev–Trinajstić information content (AvgIpc) is 2.43. The van der Waals surface area contributed by atoms with Crippen LogP contribution in [0, 0.1) is 13.8 Å². The normalized spacial score (nSPS) is 16.7. The Morgan fingerprint density at radius 1 is 1.32 bits per heavy atom. The van der Waals surface area contributed by atoms with Crippen molar-refractivity contribution in [2.24, 2.45) is 10.7 Å². The Bertz CT molecular complexity index is 459. The molecule has 0 radical (unpaired) electrons. The number of aliphatic imine (C=N–C) groups is 1. The zero-order valence-corrected chi connectivity index (χ0v) is 12.3. The van der Waals surface area contributed by atoms with Gasteiger partial charge in [-0.2, -0.15) is 11.8 Å². The molecule has 1 saturated heterocycles. The first-order chi connectivity index (χ1) is 9.08. The highest BCUT2D eigenvalue weighted by molar-refractivity contribution is 7.99.